The van der Waals surface area contributed by atoms with Crippen LogP contribution in [0, 0.1) is 17.7 Å². The van der Waals surface area contributed by atoms with E-state index in [1.165, 1.54) is 42.9 Å². The van der Waals surface area contributed by atoms with Crippen molar-refractivity contribution in [3.05, 3.63) is 101 Å². The second-order valence-corrected chi connectivity index (χ2v) is 16.4. The topological polar surface area (TPSA) is 151 Å². The van der Waals surface area contributed by atoms with E-state index in [0.29, 0.717) is 25.1 Å². The fourth-order valence-corrected chi connectivity index (χ4v) is 6.68. The van der Waals surface area contributed by atoms with E-state index in [1.807, 2.05) is 37.1 Å². The number of hydrazine groups is 1. The minimum absolute atomic E-state index is 0.00994. The maximum absolute atomic E-state index is 13.8. The largest absolute Gasteiger partial charge is 0.391 e. The van der Waals surface area contributed by atoms with E-state index in [9.17, 15) is 32.3 Å². The van der Waals surface area contributed by atoms with Crippen LogP contribution >= 0.6 is 0 Å². The number of aliphatic hydroxyl groups is 1. The van der Waals surface area contributed by atoms with Crippen molar-refractivity contribution in [3.8, 4) is 0 Å². The molecule has 4 atom stereocenters. The molecule has 0 radical (unpaired) electrons. The number of hydrogen-bond acceptors (Lipinski definition) is 8. The van der Waals surface area contributed by atoms with Crippen LogP contribution in [0.25, 0.3) is 0 Å². The van der Waals surface area contributed by atoms with Crippen molar-refractivity contribution < 1.29 is 32.3 Å². The smallest absolute Gasteiger partial charge is 0.251 e. The molecule has 288 valence electrons. The standard InChI is InChI=1S/C39H53FN6O6S/c1-26(2)20-35(36(47)21-27(3)37(48)43-46-18-16-45(17-19-46)25-29-10-8-7-9-11-29)42-39(50)32-22-31(23-34(24-32)44(5)53(6,51)52)38(49)41-28(4)30-12-14-33(40)15-13-30/h7-15,22-24,26-28,35-36,47H,16-21,25H2,1-6H3,(H,41,49)(H,42,50)(H,43,48)/t27-,28-,35+,36+/m1/s1. The van der Waals surface area contributed by atoms with E-state index < -0.39 is 51.8 Å². The molecule has 1 saturated heterocycles. The second kappa shape index (κ2) is 18.6. The van der Waals surface area contributed by atoms with Crippen LogP contribution in [0.1, 0.15) is 78.4 Å². The number of aliphatic hydroxyl groups excluding tert-OH is 1. The molecule has 1 heterocycles. The summed E-state index contributed by atoms with van der Waals surface area (Å²) in [6, 6.07) is 18.7. The van der Waals surface area contributed by atoms with Gasteiger partial charge in [0, 0.05) is 56.8 Å². The highest BCUT2D eigenvalue weighted by molar-refractivity contribution is 7.92. The molecular formula is C39H53FN6O6S. The number of amides is 3. The van der Waals surface area contributed by atoms with Gasteiger partial charge < -0.3 is 15.7 Å². The summed E-state index contributed by atoms with van der Waals surface area (Å²) >= 11 is 0. The molecule has 0 bridgehead atoms. The molecule has 1 aliphatic heterocycles. The van der Waals surface area contributed by atoms with Crippen LogP contribution in [-0.4, -0.2) is 92.8 Å². The number of rotatable bonds is 16. The predicted octanol–water partition coefficient (Wildman–Crippen LogP) is 4.09. The molecule has 3 aromatic carbocycles. The van der Waals surface area contributed by atoms with E-state index in [4.69, 9.17) is 0 Å². The number of benzene rings is 3. The summed E-state index contributed by atoms with van der Waals surface area (Å²) in [6.45, 7) is 11.1. The normalized spacial score (nSPS) is 16.3. The average Bonchev–Trinajstić information content (AvgIpc) is 3.11. The summed E-state index contributed by atoms with van der Waals surface area (Å²) in [5.41, 5.74) is 5.01. The van der Waals surface area contributed by atoms with Crippen LogP contribution in [0.3, 0.4) is 0 Å². The third kappa shape index (κ3) is 12.3. The molecule has 4 N–H and O–H groups in total. The first-order valence-electron chi connectivity index (χ1n) is 18.0. The van der Waals surface area contributed by atoms with E-state index in [1.54, 1.807) is 26.0 Å². The zero-order chi connectivity index (χ0) is 38.9. The van der Waals surface area contributed by atoms with Gasteiger partial charge in [-0.05, 0) is 67.1 Å². The number of nitrogens with zero attached hydrogens (tertiary/aromatic N) is 3. The Kier molecular flexibility index (Phi) is 14.5. The van der Waals surface area contributed by atoms with Crippen molar-refractivity contribution in [1.82, 2.24) is 26.0 Å². The van der Waals surface area contributed by atoms with Gasteiger partial charge in [0.15, 0.2) is 0 Å². The lowest BCUT2D eigenvalue weighted by atomic mass is 9.92. The van der Waals surface area contributed by atoms with Crippen LogP contribution < -0.4 is 20.4 Å². The molecule has 1 fully saturated rings. The lowest BCUT2D eigenvalue weighted by molar-refractivity contribution is -0.131. The quantitative estimate of drug-likeness (QED) is 0.171. The van der Waals surface area contributed by atoms with Gasteiger partial charge in [-0.1, -0.05) is 63.2 Å². The molecule has 12 nitrogen and oxygen atoms in total. The highest BCUT2D eigenvalue weighted by Crippen LogP contribution is 2.23. The Labute approximate surface area is 312 Å². The molecule has 1 aliphatic rings. The fraction of sp³-hybridized carbons (Fsp3) is 0.462. The van der Waals surface area contributed by atoms with Crippen molar-refractivity contribution in [1.29, 1.82) is 0 Å². The zero-order valence-electron chi connectivity index (χ0n) is 31.4. The van der Waals surface area contributed by atoms with Gasteiger partial charge in [0.1, 0.15) is 5.82 Å². The predicted molar refractivity (Wildman–Crippen MR) is 204 cm³/mol. The van der Waals surface area contributed by atoms with Gasteiger partial charge in [0.25, 0.3) is 11.8 Å². The Hall–Kier alpha value is -4.37. The lowest BCUT2D eigenvalue weighted by Gasteiger charge is -2.35. The first-order valence-corrected chi connectivity index (χ1v) is 19.8. The molecule has 53 heavy (non-hydrogen) atoms. The van der Waals surface area contributed by atoms with Crippen molar-refractivity contribution in [3.63, 3.8) is 0 Å². The summed E-state index contributed by atoms with van der Waals surface area (Å²) in [6.07, 6.45) is 0.416. The second-order valence-electron chi connectivity index (χ2n) is 14.4. The number of nitrogens with one attached hydrogen (secondary N) is 3. The molecule has 3 aromatic rings. The van der Waals surface area contributed by atoms with E-state index in [0.717, 1.165) is 30.2 Å². The van der Waals surface area contributed by atoms with Crippen LogP contribution in [0.4, 0.5) is 10.1 Å². The maximum atomic E-state index is 13.8. The molecule has 0 unspecified atom stereocenters. The number of sulfonamides is 1. The van der Waals surface area contributed by atoms with Gasteiger partial charge in [-0.15, -0.1) is 0 Å². The number of anilines is 1. The zero-order valence-corrected chi connectivity index (χ0v) is 32.2. The van der Waals surface area contributed by atoms with E-state index in [2.05, 4.69) is 33.1 Å². The SMILES string of the molecule is CC(C)C[C@H](NC(=O)c1cc(C(=O)N[C@H](C)c2ccc(F)cc2)cc(N(C)S(C)(=O)=O)c1)[C@@H](O)C[C@@H](C)C(=O)NN1CCN(Cc2ccccc2)CC1. The lowest BCUT2D eigenvalue weighted by Crippen LogP contribution is -2.54. The Bertz CT molecular complexity index is 1800. The molecule has 14 heteroatoms. The minimum Gasteiger partial charge on any atom is -0.391 e. The van der Waals surface area contributed by atoms with Crippen molar-refractivity contribution in [2.24, 2.45) is 11.8 Å². The molecule has 0 spiro atoms. The average molecular weight is 753 g/mol. The van der Waals surface area contributed by atoms with Crippen molar-refractivity contribution in [2.75, 3.05) is 43.8 Å². The van der Waals surface area contributed by atoms with Gasteiger partial charge in [-0.2, -0.15) is 0 Å². The van der Waals surface area contributed by atoms with Gasteiger partial charge >= 0.3 is 0 Å². The fourth-order valence-electron chi connectivity index (χ4n) is 6.19. The molecule has 0 aliphatic carbocycles. The Balaban J connectivity index is 1.43. The van der Waals surface area contributed by atoms with Crippen LogP contribution in [0.15, 0.2) is 72.8 Å². The molecule has 0 aromatic heterocycles. The molecular weight excluding hydrogens is 700 g/mol. The highest BCUT2D eigenvalue weighted by atomic mass is 32.2. The van der Waals surface area contributed by atoms with Crippen LogP contribution in [-0.2, 0) is 21.4 Å². The highest BCUT2D eigenvalue weighted by Gasteiger charge is 2.29. The summed E-state index contributed by atoms with van der Waals surface area (Å²) in [5.74, 6) is -2.33. The van der Waals surface area contributed by atoms with Gasteiger partial charge in [-0.3, -0.25) is 29.0 Å². The molecule has 0 saturated carbocycles. The summed E-state index contributed by atoms with van der Waals surface area (Å²) < 4.78 is 39.3. The number of carbonyl (C=O) groups excluding carboxylic acids is 3. The van der Waals surface area contributed by atoms with E-state index >= 15 is 0 Å². The maximum Gasteiger partial charge on any atom is 0.251 e. The third-order valence-corrected chi connectivity index (χ3v) is 10.7. The van der Waals surface area contributed by atoms with Gasteiger partial charge in [0.2, 0.25) is 15.9 Å². The van der Waals surface area contributed by atoms with Crippen molar-refractivity contribution in [2.45, 2.75) is 65.3 Å². The summed E-state index contributed by atoms with van der Waals surface area (Å²) in [4.78, 5) is 42.7. The number of halogens is 1. The Morgan fingerprint density at radius 3 is 2.00 bits per heavy atom. The number of piperazine rings is 1. The van der Waals surface area contributed by atoms with E-state index in [-0.39, 0.29) is 35.1 Å². The number of carbonyl (C=O) groups is 3. The van der Waals surface area contributed by atoms with Gasteiger partial charge in [-0.25, -0.2) is 17.8 Å². The van der Waals surface area contributed by atoms with Crippen LogP contribution in [0.5, 0.6) is 0 Å². The monoisotopic (exact) mass is 752 g/mol. The Morgan fingerprint density at radius 2 is 1.43 bits per heavy atom. The molecule has 4 rings (SSSR count). The molecule has 3 amide bonds. The first-order chi connectivity index (χ1) is 25.0. The van der Waals surface area contributed by atoms with Gasteiger partial charge in [0.05, 0.1) is 30.1 Å². The first kappa shape index (κ1) is 41.4. The van der Waals surface area contributed by atoms with Crippen molar-refractivity contribution >= 4 is 33.4 Å². The minimum atomic E-state index is -3.76. The number of hydrogen-bond donors (Lipinski definition) is 4. The third-order valence-electron chi connectivity index (χ3n) is 9.46. The Morgan fingerprint density at radius 1 is 0.849 bits per heavy atom. The summed E-state index contributed by atoms with van der Waals surface area (Å²) in [5, 5.41) is 19.0. The summed E-state index contributed by atoms with van der Waals surface area (Å²) in [7, 11) is -2.44. The van der Waals surface area contributed by atoms with Crippen LogP contribution in [0.2, 0.25) is 0 Å².